The number of rotatable bonds is 5. The molecular weight excluding hydrogens is 408 g/mol. The molecule has 3 heteroatoms. The average Bonchev–Trinajstić information content (AvgIpc) is 3.04. The van der Waals surface area contributed by atoms with E-state index < -0.39 is 0 Å². The predicted octanol–water partition coefficient (Wildman–Crippen LogP) is 6.84. The summed E-state index contributed by atoms with van der Waals surface area (Å²) in [7, 11) is 0. The van der Waals surface area contributed by atoms with Crippen LogP contribution in [0.15, 0.2) is 22.8 Å². The molecule has 7 atom stereocenters. The van der Waals surface area contributed by atoms with Crippen LogP contribution in [0.3, 0.4) is 0 Å². The lowest BCUT2D eigenvalue weighted by Crippen LogP contribution is -2.57. The fourth-order valence-electron chi connectivity index (χ4n) is 9.13. The number of aliphatic hydroxyl groups is 1. The zero-order valence-electron chi connectivity index (χ0n) is 22.1. The summed E-state index contributed by atoms with van der Waals surface area (Å²) in [5.74, 6) is 1.81. The van der Waals surface area contributed by atoms with Crippen LogP contribution in [0.5, 0.6) is 0 Å². The molecule has 2 saturated carbocycles. The van der Waals surface area contributed by atoms with E-state index in [0.29, 0.717) is 24.0 Å². The van der Waals surface area contributed by atoms with Crippen LogP contribution < -0.4 is 0 Å². The molecule has 184 valence electrons. The Labute approximate surface area is 201 Å². The van der Waals surface area contributed by atoms with Crippen LogP contribution in [-0.2, 0) is 9.59 Å². The Morgan fingerprint density at radius 3 is 2.48 bits per heavy atom. The normalized spacial score (nSPS) is 43.6. The summed E-state index contributed by atoms with van der Waals surface area (Å²) in [6.07, 6.45) is 11.7. The molecule has 4 aliphatic rings. The van der Waals surface area contributed by atoms with Crippen molar-refractivity contribution in [1.29, 1.82) is 0 Å². The van der Waals surface area contributed by atoms with Gasteiger partial charge in [-0.2, -0.15) is 0 Å². The van der Waals surface area contributed by atoms with Gasteiger partial charge in [0, 0.05) is 17.4 Å². The van der Waals surface area contributed by atoms with E-state index in [0.717, 1.165) is 50.4 Å². The van der Waals surface area contributed by atoms with Crippen molar-refractivity contribution in [3.05, 3.63) is 22.8 Å². The summed E-state index contributed by atoms with van der Waals surface area (Å²) >= 11 is 0. The van der Waals surface area contributed by atoms with Gasteiger partial charge in [0.1, 0.15) is 6.29 Å². The molecule has 4 aliphatic carbocycles. The summed E-state index contributed by atoms with van der Waals surface area (Å²) in [5.41, 5.74) is 3.42. The van der Waals surface area contributed by atoms with Gasteiger partial charge in [-0.25, -0.2) is 0 Å². The maximum Gasteiger partial charge on any atom is 0.159 e. The number of Topliss-reactive ketones (excluding diaryl/α,β-unsaturated/α-hetero) is 1. The molecule has 1 unspecified atom stereocenters. The zero-order chi connectivity index (χ0) is 24.4. The molecule has 0 spiro atoms. The molecule has 0 aliphatic heterocycles. The number of carbonyl (C=O) groups is 2. The Morgan fingerprint density at radius 1 is 1.12 bits per heavy atom. The lowest BCUT2D eigenvalue weighted by atomic mass is 9.43. The fraction of sp³-hybridized carbons (Fsp3) is 0.800. The van der Waals surface area contributed by atoms with Crippen molar-refractivity contribution in [2.45, 2.75) is 112 Å². The smallest absolute Gasteiger partial charge is 0.159 e. The molecule has 0 saturated heterocycles. The molecule has 0 bridgehead atoms. The third-order valence-corrected chi connectivity index (χ3v) is 11.6. The Kier molecular flexibility index (Phi) is 6.17. The van der Waals surface area contributed by atoms with Gasteiger partial charge in [-0.15, -0.1) is 0 Å². The molecule has 3 nitrogen and oxygen atoms in total. The first-order valence-corrected chi connectivity index (χ1v) is 13.4. The fourth-order valence-corrected chi connectivity index (χ4v) is 9.13. The Morgan fingerprint density at radius 2 is 1.82 bits per heavy atom. The molecule has 0 amide bonds. The summed E-state index contributed by atoms with van der Waals surface area (Å²) in [4.78, 5) is 24.8. The molecule has 33 heavy (non-hydrogen) atoms. The molecule has 0 heterocycles. The minimum atomic E-state index is -0.316. The molecule has 0 aromatic carbocycles. The number of aliphatic hydroxyl groups excluding tert-OH is 1. The van der Waals surface area contributed by atoms with E-state index in [1.807, 2.05) is 6.92 Å². The topological polar surface area (TPSA) is 54.4 Å². The van der Waals surface area contributed by atoms with Crippen LogP contribution in [0.25, 0.3) is 0 Å². The van der Waals surface area contributed by atoms with E-state index >= 15 is 0 Å². The lowest BCUT2D eigenvalue weighted by molar-refractivity contribution is -0.134. The van der Waals surface area contributed by atoms with Gasteiger partial charge in [0.05, 0.1) is 6.10 Å². The first-order chi connectivity index (χ1) is 15.3. The molecule has 0 aromatic heterocycles. The lowest BCUT2D eigenvalue weighted by Gasteiger charge is -2.61. The number of ketones is 1. The highest BCUT2D eigenvalue weighted by Crippen LogP contribution is 2.71. The maximum absolute atomic E-state index is 13.9. The first kappa shape index (κ1) is 24.9. The van der Waals surface area contributed by atoms with Crippen LogP contribution in [0.1, 0.15) is 106 Å². The molecule has 2 fully saturated rings. The predicted molar refractivity (Wildman–Crippen MR) is 134 cm³/mol. The van der Waals surface area contributed by atoms with Gasteiger partial charge in [-0.05, 0) is 97.9 Å². The Balaban J connectivity index is 1.68. The molecule has 1 N–H and O–H groups in total. The number of hydrogen-bond donors (Lipinski definition) is 1. The highest BCUT2D eigenvalue weighted by Gasteiger charge is 2.65. The average molecular weight is 455 g/mol. The largest absolute Gasteiger partial charge is 0.393 e. The minimum absolute atomic E-state index is 0.0389. The van der Waals surface area contributed by atoms with Gasteiger partial charge in [0.2, 0.25) is 0 Å². The van der Waals surface area contributed by atoms with E-state index in [-0.39, 0.29) is 33.7 Å². The quantitative estimate of drug-likeness (QED) is 0.365. The Hall–Kier alpha value is -1.22. The van der Waals surface area contributed by atoms with Gasteiger partial charge in [-0.3, -0.25) is 9.59 Å². The highest BCUT2D eigenvalue weighted by atomic mass is 16.3. The van der Waals surface area contributed by atoms with Gasteiger partial charge in [0.15, 0.2) is 5.78 Å². The number of fused-ring (bicyclic) bond motifs is 4. The van der Waals surface area contributed by atoms with E-state index in [1.54, 1.807) is 0 Å². The second kappa shape index (κ2) is 8.18. The number of carbonyl (C=O) groups excluding carboxylic acids is 2. The van der Waals surface area contributed by atoms with E-state index in [4.69, 9.17) is 0 Å². The van der Waals surface area contributed by atoms with Crippen molar-refractivity contribution >= 4 is 12.1 Å². The van der Waals surface area contributed by atoms with Crippen molar-refractivity contribution in [1.82, 2.24) is 0 Å². The van der Waals surface area contributed by atoms with Gasteiger partial charge in [0.25, 0.3) is 0 Å². The van der Waals surface area contributed by atoms with Crippen LogP contribution in [0.4, 0.5) is 0 Å². The summed E-state index contributed by atoms with van der Waals surface area (Å²) in [5, 5.41) is 10.8. The van der Waals surface area contributed by atoms with Gasteiger partial charge >= 0.3 is 0 Å². The van der Waals surface area contributed by atoms with Crippen LogP contribution in [0.2, 0.25) is 0 Å². The monoisotopic (exact) mass is 454 g/mol. The second-order valence-electron chi connectivity index (χ2n) is 13.3. The van der Waals surface area contributed by atoms with Crippen LogP contribution in [-0.4, -0.2) is 23.3 Å². The second-order valence-corrected chi connectivity index (χ2v) is 13.3. The van der Waals surface area contributed by atoms with Crippen LogP contribution in [0, 0.1) is 39.4 Å². The third kappa shape index (κ3) is 3.46. The van der Waals surface area contributed by atoms with Gasteiger partial charge in [-0.1, -0.05) is 53.2 Å². The maximum atomic E-state index is 13.9. The summed E-state index contributed by atoms with van der Waals surface area (Å²) < 4.78 is 0. The molecular formula is C30H46O3. The number of aldehydes is 1. The number of hydrogen-bond acceptors (Lipinski definition) is 3. The van der Waals surface area contributed by atoms with Crippen molar-refractivity contribution in [3.63, 3.8) is 0 Å². The summed E-state index contributed by atoms with van der Waals surface area (Å²) in [6, 6.07) is 0. The first-order valence-electron chi connectivity index (χ1n) is 13.4. The minimum Gasteiger partial charge on any atom is -0.393 e. The van der Waals surface area contributed by atoms with E-state index in [1.165, 1.54) is 24.0 Å². The molecule has 4 rings (SSSR count). The SMILES string of the molecule is C/C(C=O)=C\CC[C@@H](C)[C@H]1CC[C@@]2(C)C3=C(CC[C@]12C)[C@@]1(C)CC[C@H](O)C(C)(C)C1CC3=O. The van der Waals surface area contributed by atoms with E-state index in [2.05, 4.69) is 47.6 Å². The zero-order valence-corrected chi connectivity index (χ0v) is 22.1. The molecule has 0 aromatic rings. The third-order valence-electron chi connectivity index (χ3n) is 11.6. The van der Waals surface area contributed by atoms with Gasteiger partial charge < -0.3 is 5.11 Å². The number of allylic oxidation sites excluding steroid dienone is 4. The van der Waals surface area contributed by atoms with Crippen molar-refractivity contribution in [3.8, 4) is 0 Å². The molecule has 0 radical (unpaired) electrons. The highest BCUT2D eigenvalue weighted by molar-refractivity contribution is 5.99. The van der Waals surface area contributed by atoms with Crippen molar-refractivity contribution in [2.24, 2.45) is 39.4 Å². The standard InChI is InChI=1S/C30H46O3/c1-19(18-31)9-8-10-20(2)21-11-16-30(7)26-22(12-15-29(21,30)6)28(5)14-13-25(33)27(3,4)24(28)17-23(26)32/h9,18,20-21,24-25,33H,8,10-17H2,1-7H3/b19-9+/t20-,21-,24?,25+,28-,29-,30+/m1/s1. The Bertz CT molecular complexity index is 894. The van der Waals surface area contributed by atoms with Crippen LogP contribution >= 0.6 is 0 Å². The van der Waals surface area contributed by atoms with E-state index in [9.17, 15) is 14.7 Å². The summed E-state index contributed by atoms with van der Waals surface area (Å²) in [6.45, 7) is 15.9. The van der Waals surface area contributed by atoms with Crippen molar-refractivity contribution in [2.75, 3.05) is 0 Å². The van der Waals surface area contributed by atoms with Crippen molar-refractivity contribution < 1.29 is 14.7 Å².